The number of sulfonamides is 1. The second-order valence-corrected chi connectivity index (χ2v) is 8.80. The number of furan rings is 1. The molecule has 26 heavy (non-hydrogen) atoms. The molecular weight excluding hydrogens is 352 g/mol. The van der Waals surface area contributed by atoms with Crippen molar-refractivity contribution in [2.24, 2.45) is 5.92 Å². The molecule has 1 heterocycles. The first-order valence-corrected chi connectivity index (χ1v) is 10.2. The SMILES string of the molecule is Cc1ccc(S(=O)(=O)N(CC(=O)NC(C)C2CC2)Cc2ccco2)cc1. The molecule has 1 N–H and O–H groups in total. The van der Waals surface area contributed by atoms with Gasteiger partial charge in [0.2, 0.25) is 15.9 Å². The Balaban J connectivity index is 1.79. The Morgan fingerprint density at radius 2 is 1.96 bits per heavy atom. The van der Waals surface area contributed by atoms with Crippen molar-refractivity contribution in [1.29, 1.82) is 0 Å². The Morgan fingerprint density at radius 3 is 2.54 bits per heavy atom. The molecule has 0 saturated heterocycles. The van der Waals surface area contributed by atoms with Gasteiger partial charge in [0.1, 0.15) is 5.76 Å². The topological polar surface area (TPSA) is 79.6 Å². The van der Waals surface area contributed by atoms with Crippen LogP contribution < -0.4 is 5.32 Å². The summed E-state index contributed by atoms with van der Waals surface area (Å²) in [6, 6.07) is 10.1. The zero-order chi connectivity index (χ0) is 18.7. The van der Waals surface area contributed by atoms with Crippen LogP contribution in [0.25, 0.3) is 0 Å². The largest absolute Gasteiger partial charge is 0.468 e. The lowest BCUT2D eigenvalue weighted by Crippen LogP contribution is -2.43. The Bertz CT molecular complexity index is 840. The van der Waals surface area contributed by atoms with Crippen molar-refractivity contribution in [2.45, 2.75) is 44.2 Å². The smallest absolute Gasteiger partial charge is 0.243 e. The van der Waals surface area contributed by atoms with Gasteiger partial charge in [-0.15, -0.1) is 0 Å². The van der Waals surface area contributed by atoms with Crippen molar-refractivity contribution in [2.75, 3.05) is 6.54 Å². The average Bonchev–Trinajstić information content (AvgIpc) is 3.32. The molecule has 0 radical (unpaired) electrons. The van der Waals surface area contributed by atoms with Gasteiger partial charge in [-0.25, -0.2) is 8.42 Å². The van der Waals surface area contributed by atoms with Crippen molar-refractivity contribution < 1.29 is 17.6 Å². The molecule has 1 atom stereocenters. The van der Waals surface area contributed by atoms with Crippen LogP contribution in [0, 0.1) is 12.8 Å². The molecule has 1 aliphatic rings. The Hall–Kier alpha value is -2.12. The highest BCUT2D eigenvalue weighted by atomic mass is 32.2. The predicted molar refractivity (Wildman–Crippen MR) is 97.8 cm³/mol. The van der Waals surface area contributed by atoms with Crippen LogP contribution in [-0.2, 0) is 21.4 Å². The van der Waals surface area contributed by atoms with Gasteiger partial charge < -0.3 is 9.73 Å². The zero-order valence-electron chi connectivity index (χ0n) is 15.0. The third-order valence-electron chi connectivity index (χ3n) is 4.61. The summed E-state index contributed by atoms with van der Waals surface area (Å²) in [7, 11) is -3.82. The first kappa shape index (κ1) is 18.7. The molecular formula is C19H24N2O4S. The molecule has 0 spiro atoms. The highest BCUT2D eigenvalue weighted by molar-refractivity contribution is 7.89. The van der Waals surface area contributed by atoms with Crippen LogP contribution in [-0.4, -0.2) is 31.2 Å². The van der Waals surface area contributed by atoms with Gasteiger partial charge in [0.25, 0.3) is 0 Å². The van der Waals surface area contributed by atoms with E-state index >= 15 is 0 Å². The maximum Gasteiger partial charge on any atom is 0.243 e. The van der Waals surface area contributed by atoms with Crippen molar-refractivity contribution in [3.63, 3.8) is 0 Å². The second-order valence-electron chi connectivity index (χ2n) is 6.86. The zero-order valence-corrected chi connectivity index (χ0v) is 15.8. The minimum absolute atomic E-state index is 0.00837. The van der Waals surface area contributed by atoms with E-state index in [1.165, 1.54) is 6.26 Å². The summed E-state index contributed by atoms with van der Waals surface area (Å²) < 4.78 is 32.5. The van der Waals surface area contributed by atoms with E-state index in [0.717, 1.165) is 22.7 Å². The number of amides is 1. The summed E-state index contributed by atoms with van der Waals surface area (Å²) in [5.74, 6) is 0.696. The second kappa shape index (κ2) is 7.63. The summed E-state index contributed by atoms with van der Waals surface area (Å²) in [5, 5.41) is 2.91. The van der Waals surface area contributed by atoms with E-state index < -0.39 is 10.0 Å². The molecule has 3 rings (SSSR count). The normalized spacial score (nSPS) is 15.8. The summed E-state index contributed by atoms with van der Waals surface area (Å²) in [6.07, 6.45) is 3.71. The van der Waals surface area contributed by atoms with E-state index in [2.05, 4.69) is 5.32 Å². The fourth-order valence-corrected chi connectivity index (χ4v) is 4.20. The van der Waals surface area contributed by atoms with E-state index in [1.54, 1.807) is 36.4 Å². The average molecular weight is 376 g/mol. The number of nitrogens with one attached hydrogen (secondary N) is 1. The van der Waals surface area contributed by atoms with E-state index in [1.807, 2.05) is 13.8 Å². The molecule has 1 amide bonds. The van der Waals surface area contributed by atoms with Crippen LogP contribution in [0.15, 0.2) is 52.0 Å². The Labute approximate surface area is 154 Å². The van der Waals surface area contributed by atoms with Crippen molar-refractivity contribution >= 4 is 15.9 Å². The van der Waals surface area contributed by atoms with Gasteiger partial charge in [-0.05, 0) is 56.9 Å². The van der Waals surface area contributed by atoms with Gasteiger partial charge in [0.05, 0.1) is 24.2 Å². The van der Waals surface area contributed by atoms with Crippen LogP contribution in [0.4, 0.5) is 0 Å². The van der Waals surface area contributed by atoms with Gasteiger partial charge in [0.15, 0.2) is 0 Å². The molecule has 1 saturated carbocycles. The van der Waals surface area contributed by atoms with Crippen LogP contribution >= 0.6 is 0 Å². The Kier molecular flexibility index (Phi) is 5.48. The lowest BCUT2D eigenvalue weighted by atomic mass is 10.2. The number of nitrogens with zero attached hydrogens (tertiary/aromatic N) is 1. The monoisotopic (exact) mass is 376 g/mol. The van der Waals surface area contributed by atoms with E-state index in [9.17, 15) is 13.2 Å². The number of hydrogen-bond acceptors (Lipinski definition) is 4. The molecule has 0 aliphatic heterocycles. The molecule has 1 unspecified atom stereocenters. The third-order valence-corrected chi connectivity index (χ3v) is 6.41. The van der Waals surface area contributed by atoms with Gasteiger partial charge in [-0.3, -0.25) is 4.79 Å². The summed E-state index contributed by atoms with van der Waals surface area (Å²) in [6.45, 7) is 3.62. The van der Waals surface area contributed by atoms with Crippen LogP contribution in [0.5, 0.6) is 0 Å². The van der Waals surface area contributed by atoms with E-state index in [4.69, 9.17) is 4.42 Å². The van der Waals surface area contributed by atoms with Gasteiger partial charge in [0, 0.05) is 6.04 Å². The number of rotatable bonds is 8. The van der Waals surface area contributed by atoms with Crippen LogP contribution in [0.2, 0.25) is 0 Å². The number of aryl methyl sites for hydroxylation is 1. The van der Waals surface area contributed by atoms with E-state index in [-0.39, 0.29) is 29.9 Å². The molecule has 140 valence electrons. The molecule has 7 heteroatoms. The van der Waals surface area contributed by atoms with Gasteiger partial charge >= 0.3 is 0 Å². The standard InChI is InChI=1S/C19H24N2O4S/c1-14-5-9-18(10-6-14)26(23,24)21(12-17-4-3-11-25-17)13-19(22)20-15(2)16-7-8-16/h3-6,9-11,15-16H,7-8,12-13H2,1-2H3,(H,20,22). The fourth-order valence-electron chi connectivity index (χ4n) is 2.84. The first-order chi connectivity index (χ1) is 12.4. The molecule has 6 nitrogen and oxygen atoms in total. The van der Waals surface area contributed by atoms with Crippen LogP contribution in [0.1, 0.15) is 31.1 Å². The van der Waals surface area contributed by atoms with E-state index in [0.29, 0.717) is 11.7 Å². The van der Waals surface area contributed by atoms with Crippen LogP contribution in [0.3, 0.4) is 0 Å². The van der Waals surface area contributed by atoms with Gasteiger partial charge in [-0.1, -0.05) is 17.7 Å². The lowest BCUT2D eigenvalue weighted by molar-refractivity contribution is -0.122. The number of benzene rings is 1. The minimum Gasteiger partial charge on any atom is -0.468 e. The maximum absolute atomic E-state index is 13.0. The predicted octanol–water partition coefficient (Wildman–Crippen LogP) is 2.69. The highest BCUT2D eigenvalue weighted by Gasteiger charge is 2.31. The third kappa shape index (κ3) is 4.53. The molecule has 1 fully saturated rings. The molecule has 1 aliphatic carbocycles. The summed E-state index contributed by atoms with van der Waals surface area (Å²) in [4.78, 5) is 12.6. The number of carbonyl (C=O) groups excluding carboxylic acids is 1. The molecule has 2 aromatic rings. The number of hydrogen-bond donors (Lipinski definition) is 1. The molecule has 1 aromatic heterocycles. The van der Waals surface area contributed by atoms with Gasteiger partial charge in [-0.2, -0.15) is 4.31 Å². The Morgan fingerprint density at radius 1 is 1.27 bits per heavy atom. The maximum atomic E-state index is 13.0. The summed E-state index contributed by atoms with van der Waals surface area (Å²) >= 11 is 0. The molecule has 1 aromatic carbocycles. The van der Waals surface area contributed by atoms with Crippen molar-refractivity contribution in [1.82, 2.24) is 9.62 Å². The fraction of sp³-hybridized carbons (Fsp3) is 0.421. The quantitative estimate of drug-likeness (QED) is 0.768. The first-order valence-electron chi connectivity index (χ1n) is 8.75. The highest BCUT2D eigenvalue weighted by Crippen LogP contribution is 2.32. The minimum atomic E-state index is -3.82. The lowest BCUT2D eigenvalue weighted by Gasteiger charge is -2.22. The summed E-state index contributed by atoms with van der Waals surface area (Å²) in [5.41, 5.74) is 0.970. The number of carbonyl (C=O) groups is 1. The van der Waals surface area contributed by atoms with Crippen molar-refractivity contribution in [3.8, 4) is 0 Å². The van der Waals surface area contributed by atoms with Crippen molar-refractivity contribution in [3.05, 3.63) is 54.0 Å². The molecule has 0 bridgehead atoms.